The van der Waals surface area contributed by atoms with Crippen LogP contribution in [0.2, 0.25) is 0 Å². The highest BCUT2D eigenvalue weighted by Gasteiger charge is 2.37. The van der Waals surface area contributed by atoms with Gasteiger partial charge in [0.05, 0.1) is 39.5 Å². The van der Waals surface area contributed by atoms with Gasteiger partial charge < -0.3 is 9.88 Å². The number of fused-ring (bicyclic) bond motifs is 3. The lowest BCUT2D eigenvalue weighted by Gasteiger charge is -2.33. The molecule has 1 saturated carbocycles. The van der Waals surface area contributed by atoms with Crippen molar-refractivity contribution in [3.8, 4) is 0 Å². The van der Waals surface area contributed by atoms with Crippen LogP contribution in [0.1, 0.15) is 57.1 Å². The van der Waals surface area contributed by atoms with Gasteiger partial charge in [-0.15, -0.1) is 11.3 Å². The second kappa shape index (κ2) is 6.74. The van der Waals surface area contributed by atoms with Crippen LogP contribution in [0, 0.1) is 0 Å². The summed E-state index contributed by atoms with van der Waals surface area (Å²) in [4.78, 5) is 28.5. The molecule has 1 aromatic carbocycles. The van der Waals surface area contributed by atoms with E-state index in [1.807, 2.05) is 33.7 Å². The SMILES string of the molecule is O=C(c1cnn2cc(C3CC3)ccc12)N1CCc2[nH]cnc2[C@H]1c1nc2ccccc2s1. The smallest absolute Gasteiger partial charge is 0.258 e. The van der Waals surface area contributed by atoms with Crippen molar-refractivity contribution in [1.82, 2.24) is 29.5 Å². The number of aromatic nitrogens is 5. The molecular weight excluding hydrogens is 420 g/mol. The summed E-state index contributed by atoms with van der Waals surface area (Å²) >= 11 is 1.63. The summed E-state index contributed by atoms with van der Waals surface area (Å²) in [5.41, 5.74) is 5.67. The number of benzene rings is 1. The Bertz CT molecular complexity index is 1460. The minimum Gasteiger partial charge on any atom is -0.348 e. The van der Waals surface area contributed by atoms with Gasteiger partial charge in [-0.2, -0.15) is 5.10 Å². The molecule has 5 aromatic rings. The molecule has 7 nitrogen and oxygen atoms in total. The highest BCUT2D eigenvalue weighted by molar-refractivity contribution is 7.18. The molecule has 5 heterocycles. The number of carbonyl (C=O) groups excluding carboxylic acids is 1. The molecule has 0 spiro atoms. The van der Waals surface area contributed by atoms with E-state index in [1.54, 1.807) is 23.9 Å². The molecule has 0 saturated heterocycles. The Morgan fingerprint density at radius 3 is 2.94 bits per heavy atom. The van der Waals surface area contributed by atoms with E-state index in [0.29, 0.717) is 18.0 Å². The first kappa shape index (κ1) is 18.1. The molecule has 1 aliphatic heterocycles. The predicted octanol–water partition coefficient (Wildman–Crippen LogP) is 4.33. The largest absolute Gasteiger partial charge is 0.348 e. The van der Waals surface area contributed by atoms with E-state index in [4.69, 9.17) is 4.98 Å². The summed E-state index contributed by atoms with van der Waals surface area (Å²) < 4.78 is 2.96. The quantitative estimate of drug-likeness (QED) is 0.453. The second-order valence-electron chi connectivity index (χ2n) is 8.56. The molecule has 1 N–H and O–H groups in total. The molecule has 1 fully saturated rings. The molecule has 7 rings (SSSR count). The van der Waals surface area contributed by atoms with Gasteiger partial charge in [0.25, 0.3) is 5.91 Å². The van der Waals surface area contributed by atoms with Gasteiger partial charge >= 0.3 is 0 Å². The van der Waals surface area contributed by atoms with Gasteiger partial charge in [0.2, 0.25) is 0 Å². The first-order valence-electron chi connectivity index (χ1n) is 10.9. The molecule has 0 radical (unpaired) electrons. The number of H-pyrrole nitrogens is 1. The zero-order valence-corrected chi connectivity index (χ0v) is 18.0. The number of aromatic amines is 1. The van der Waals surface area contributed by atoms with Crippen LogP contribution < -0.4 is 0 Å². The average Bonchev–Trinajstić information content (AvgIpc) is 3.22. The van der Waals surface area contributed by atoms with Gasteiger partial charge in [-0.05, 0) is 42.5 Å². The number of amides is 1. The maximum atomic E-state index is 13.8. The normalized spacial score (nSPS) is 18.4. The Labute approximate surface area is 187 Å². The molecule has 0 bridgehead atoms. The topological polar surface area (TPSA) is 79.2 Å². The molecule has 1 atom stereocenters. The van der Waals surface area contributed by atoms with E-state index in [2.05, 4.69) is 33.4 Å². The third-order valence-electron chi connectivity index (χ3n) is 6.55. The maximum Gasteiger partial charge on any atom is 0.258 e. The van der Waals surface area contributed by atoms with Crippen LogP contribution in [-0.4, -0.2) is 41.9 Å². The molecule has 2 aliphatic rings. The first-order valence-corrected chi connectivity index (χ1v) is 11.7. The van der Waals surface area contributed by atoms with E-state index in [9.17, 15) is 4.79 Å². The van der Waals surface area contributed by atoms with Crippen LogP contribution in [0.5, 0.6) is 0 Å². The van der Waals surface area contributed by atoms with Gasteiger partial charge in [-0.3, -0.25) is 4.79 Å². The molecule has 158 valence electrons. The summed E-state index contributed by atoms with van der Waals surface area (Å²) in [5.74, 6) is 0.614. The lowest BCUT2D eigenvalue weighted by Crippen LogP contribution is -2.40. The highest BCUT2D eigenvalue weighted by Crippen LogP contribution is 2.41. The standard InChI is InChI=1S/C24H20N6OS/c31-24(16-11-27-30-12-15(14-5-6-14)7-8-19(16)30)29-10-9-18-21(26-13-25-18)22(29)23-28-17-3-1-2-4-20(17)32-23/h1-4,7-8,11-14,22H,5-6,9-10H2,(H,25,26)/t22-/m0/s1. The first-order chi connectivity index (χ1) is 15.8. The summed E-state index contributed by atoms with van der Waals surface area (Å²) in [6.07, 6.45) is 8.70. The van der Waals surface area contributed by atoms with Gasteiger partial charge in [-0.1, -0.05) is 18.2 Å². The van der Waals surface area contributed by atoms with Crippen molar-refractivity contribution in [2.45, 2.75) is 31.2 Å². The Hall–Kier alpha value is -3.52. The highest BCUT2D eigenvalue weighted by atomic mass is 32.1. The Kier molecular flexibility index (Phi) is 3.81. The number of pyridine rings is 1. The van der Waals surface area contributed by atoms with Crippen molar-refractivity contribution in [3.05, 3.63) is 82.6 Å². The summed E-state index contributed by atoms with van der Waals surface area (Å²) in [7, 11) is 0. The molecule has 8 heteroatoms. The van der Waals surface area contributed by atoms with Gasteiger partial charge in [0, 0.05) is 24.9 Å². The monoisotopic (exact) mass is 440 g/mol. The summed E-state index contributed by atoms with van der Waals surface area (Å²) in [5, 5.41) is 5.40. The number of para-hydroxylation sites is 1. The van der Waals surface area contributed by atoms with E-state index < -0.39 is 0 Å². The van der Waals surface area contributed by atoms with Crippen LogP contribution in [0.25, 0.3) is 15.7 Å². The Morgan fingerprint density at radius 2 is 2.06 bits per heavy atom. The van der Waals surface area contributed by atoms with Gasteiger partial charge in [0.1, 0.15) is 11.0 Å². The zero-order valence-electron chi connectivity index (χ0n) is 17.2. The molecule has 32 heavy (non-hydrogen) atoms. The van der Waals surface area contributed by atoms with E-state index >= 15 is 0 Å². The van der Waals surface area contributed by atoms with E-state index in [0.717, 1.165) is 38.5 Å². The summed E-state index contributed by atoms with van der Waals surface area (Å²) in [6.45, 7) is 0.603. The number of thiazole rings is 1. The van der Waals surface area contributed by atoms with E-state index in [-0.39, 0.29) is 11.9 Å². The van der Waals surface area contributed by atoms with Crippen LogP contribution >= 0.6 is 11.3 Å². The number of rotatable bonds is 3. The molecule has 1 aliphatic carbocycles. The van der Waals surface area contributed by atoms with Crippen LogP contribution in [0.3, 0.4) is 0 Å². The fourth-order valence-corrected chi connectivity index (χ4v) is 5.81. The number of nitrogens with one attached hydrogen (secondary N) is 1. The van der Waals surface area contributed by atoms with Crippen molar-refractivity contribution in [1.29, 1.82) is 0 Å². The number of hydrogen-bond acceptors (Lipinski definition) is 5. The van der Waals surface area contributed by atoms with Crippen molar-refractivity contribution < 1.29 is 4.79 Å². The van der Waals surface area contributed by atoms with Crippen molar-refractivity contribution in [2.24, 2.45) is 0 Å². The Balaban J connectivity index is 1.32. The van der Waals surface area contributed by atoms with Crippen LogP contribution in [0.15, 0.2) is 55.1 Å². The van der Waals surface area contributed by atoms with Crippen molar-refractivity contribution in [3.63, 3.8) is 0 Å². The Morgan fingerprint density at radius 1 is 1.16 bits per heavy atom. The third-order valence-corrected chi connectivity index (χ3v) is 7.64. The van der Waals surface area contributed by atoms with Crippen LogP contribution in [0.4, 0.5) is 0 Å². The minimum absolute atomic E-state index is 0.0305. The number of nitrogens with zero attached hydrogens (tertiary/aromatic N) is 5. The van der Waals surface area contributed by atoms with Crippen LogP contribution in [-0.2, 0) is 6.42 Å². The second-order valence-corrected chi connectivity index (χ2v) is 9.62. The number of imidazole rings is 1. The predicted molar refractivity (Wildman–Crippen MR) is 122 cm³/mol. The van der Waals surface area contributed by atoms with Gasteiger partial charge in [0.15, 0.2) is 0 Å². The maximum absolute atomic E-state index is 13.8. The minimum atomic E-state index is -0.310. The van der Waals surface area contributed by atoms with Crippen molar-refractivity contribution >= 4 is 33.0 Å². The fraction of sp³-hybridized carbons (Fsp3) is 0.250. The zero-order chi connectivity index (χ0) is 21.2. The third kappa shape index (κ3) is 2.72. The number of carbonyl (C=O) groups is 1. The van der Waals surface area contributed by atoms with E-state index in [1.165, 1.54) is 18.4 Å². The lowest BCUT2D eigenvalue weighted by atomic mass is 10.0. The summed E-state index contributed by atoms with van der Waals surface area (Å²) in [6, 6.07) is 11.9. The average molecular weight is 441 g/mol. The lowest BCUT2D eigenvalue weighted by molar-refractivity contribution is 0.0692. The fourth-order valence-electron chi connectivity index (χ4n) is 4.73. The molecule has 4 aromatic heterocycles. The number of hydrogen-bond donors (Lipinski definition) is 1. The molecule has 0 unspecified atom stereocenters. The van der Waals surface area contributed by atoms with Crippen molar-refractivity contribution in [2.75, 3.05) is 6.54 Å². The van der Waals surface area contributed by atoms with Gasteiger partial charge in [-0.25, -0.2) is 14.5 Å². The molecule has 1 amide bonds. The molecular formula is C24H20N6OS.